The second-order valence-corrected chi connectivity index (χ2v) is 7.18. The van der Waals surface area contributed by atoms with E-state index in [0.717, 1.165) is 25.7 Å². The molecule has 1 atom stereocenters. The Hall–Kier alpha value is -1.11. The number of carbonyl (C=O) groups is 2. The van der Waals surface area contributed by atoms with Crippen LogP contribution in [0, 0.1) is 0 Å². The summed E-state index contributed by atoms with van der Waals surface area (Å²) in [6.45, 7) is 1.31. The minimum atomic E-state index is -3.69. The summed E-state index contributed by atoms with van der Waals surface area (Å²) in [6.07, 6.45) is 3.40. The third kappa shape index (κ3) is 4.64. The Balaban J connectivity index is 2.48. The van der Waals surface area contributed by atoms with E-state index in [9.17, 15) is 18.0 Å². The van der Waals surface area contributed by atoms with Crippen LogP contribution in [0.4, 0.5) is 0 Å². The number of carboxylic acid groups (broad SMARTS) is 1. The molecule has 0 spiro atoms. The highest BCUT2D eigenvalue weighted by atomic mass is 32.2. The number of hydrogen-bond donors (Lipinski definition) is 2. The topological polar surface area (TPSA) is 101 Å². The summed E-state index contributed by atoms with van der Waals surface area (Å²) < 4.78 is 23.5. The molecule has 1 aliphatic carbocycles. The van der Waals surface area contributed by atoms with Crippen molar-refractivity contribution >= 4 is 21.7 Å². The lowest BCUT2D eigenvalue weighted by atomic mass is 10.2. The second-order valence-electron chi connectivity index (χ2n) is 4.76. The van der Waals surface area contributed by atoms with Crippen molar-refractivity contribution in [3.05, 3.63) is 0 Å². The molecule has 1 amide bonds. The number of carbonyl (C=O) groups excluding carboxylic acids is 1. The third-order valence-electron chi connectivity index (χ3n) is 3.13. The zero-order valence-corrected chi connectivity index (χ0v) is 11.2. The van der Waals surface area contributed by atoms with Gasteiger partial charge in [0.2, 0.25) is 5.91 Å². The monoisotopic (exact) mass is 277 g/mol. The Morgan fingerprint density at radius 3 is 2.39 bits per heavy atom. The molecule has 1 saturated carbocycles. The van der Waals surface area contributed by atoms with Crippen molar-refractivity contribution in [2.75, 3.05) is 5.75 Å². The molecule has 0 aliphatic heterocycles. The summed E-state index contributed by atoms with van der Waals surface area (Å²) in [4.78, 5) is 22.0. The average molecular weight is 277 g/mol. The summed E-state index contributed by atoms with van der Waals surface area (Å²) in [7, 11) is -3.69. The van der Waals surface area contributed by atoms with Gasteiger partial charge < -0.3 is 10.4 Å². The predicted octanol–water partition coefficient (Wildman–Crippen LogP) is 0.323. The van der Waals surface area contributed by atoms with E-state index in [1.807, 2.05) is 0 Å². The van der Waals surface area contributed by atoms with Gasteiger partial charge in [0.15, 0.2) is 9.84 Å². The van der Waals surface area contributed by atoms with Crippen molar-refractivity contribution in [2.45, 2.75) is 50.3 Å². The van der Waals surface area contributed by atoms with E-state index < -0.39 is 39.1 Å². The maximum absolute atomic E-state index is 11.7. The quantitative estimate of drug-likeness (QED) is 0.728. The molecule has 0 aromatic carbocycles. The molecule has 0 aromatic heterocycles. The molecule has 0 heterocycles. The van der Waals surface area contributed by atoms with Crippen LogP contribution >= 0.6 is 0 Å². The van der Waals surface area contributed by atoms with Crippen LogP contribution < -0.4 is 5.32 Å². The first-order valence-corrected chi connectivity index (χ1v) is 7.75. The minimum absolute atomic E-state index is 0.0717. The molecule has 104 valence electrons. The average Bonchev–Trinajstić information content (AvgIpc) is 2.67. The molecule has 0 saturated heterocycles. The predicted molar refractivity (Wildman–Crippen MR) is 65.9 cm³/mol. The molecular formula is C11H19NO5S. The molecule has 0 aromatic rings. The van der Waals surface area contributed by atoms with Crippen LogP contribution in [0.1, 0.15) is 39.0 Å². The van der Waals surface area contributed by atoms with Crippen molar-refractivity contribution in [3.63, 3.8) is 0 Å². The van der Waals surface area contributed by atoms with Crippen LogP contribution in [-0.2, 0) is 19.4 Å². The Morgan fingerprint density at radius 2 is 1.89 bits per heavy atom. The van der Waals surface area contributed by atoms with Crippen molar-refractivity contribution in [2.24, 2.45) is 0 Å². The zero-order chi connectivity index (χ0) is 13.8. The number of sulfone groups is 1. The van der Waals surface area contributed by atoms with Gasteiger partial charge in [0, 0.05) is 6.04 Å². The van der Waals surface area contributed by atoms with Crippen LogP contribution in [0.3, 0.4) is 0 Å². The van der Waals surface area contributed by atoms with Gasteiger partial charge in [0.05, 0.1) is 11.7 Å². The summed E-state index contributed by atoms with van der Waals surface area (Å²) >= 11 is 0. The van der Waals surface area contributed by atoms with Gasteiger partial charge in [0.1, 0.15) is 5.75 Å². The first-order valence-electron chi connectivity index (χ1n) is 6.04. The van der Waals surface area contributed by atoms with E-state index in [1.165, 1.54) is 6.92 Å². The standard InChI is InChI=1S/C11H19NO5S/c1-8(6-11(14)15)18(16,17)7-10(13)12-9-4-2-3-5-9/h8-9H,2-7H2,1H3,(H,12,13)(H,14,15). The Bertz CT molecular complexity index is 411. The van der Waals surface area contributed by atoms with E-state index in [0.29, 0.717) is 0 Å². The van der Waals surface area contributed by atoms with Crippen molar-refractivity contribution in [1.29, 1.82) is 0 Å². The van der Waals surface area contributed by atoms with E-state index in [2.05, 4.69) is 5.32 Å². The minimum Gasteiger partial charge on any atom is -0.481 e. The highest BCUT2D eigenvalue weighted by molar-refractivity contribution is 7.92. The van der Waals surface area contributed by atoms with Crippen LogP contribution in [0.25, 0.3) is 0 Å². The highest BCUT2D eigenvalue weighted by Crippen LogP contribution is 2.17. The van der Waals surface area contributed by atoms with Crippen LogP contribution in [0.5, 0.6) is 0 Å². The van der Waals surface area contributed by atoms with E-state index >= 15 is 0 Å². The van der Waals surface area contributed by atoms with E-state index in [-0.39, 0.29) is 6.04 Å². The fraction of sp³-hybridized carbons (Fsp3) is 0.818. The Kier molecular flexibility index (Phi) is 5.13. The molecule has 0 radical (unpaired) electrons. The van der Waals surface area contributed by atoms with Crippen molar-refractivity contribution in [1.82, 2.24) is 5.32 Å². The summed E-state index contributed by atoms with van der Waals surface area (Å²) in [5, 5.41) is 10.2. The second kappa shape index (κ2) is 6.17. The summed E-state index contributed by atoms with van der Waals surface area (Å²) in [5.41, 5.74) is 0. The third-order valence-corrected chi connectivity index (χ3v) is 5.19. The largest absolute Gasteiger partial charge is 0.481 e. The molecule has 2 N–H and O–H groups in total. The maximum atomic E-state index is 11.7. The number of nitrogens with one attached hydrogen (secondary N) is 1. The lowest BCUT2D eigenvalue weighted by molar-refractivity contribution is -0.137. The first-order chi connectivity index (χ1) is 8.31. The summed E-state index contributed by atoms with van der Waals surface area (Å²) in [5.74, 6) is -2.33. The molecule has 0 bridgehead atoms. The molecule has 7 heteroatoms. The van der Waals surface area contributed by atoms with Crippen molar-refractivity contribution < 1.29 is 23.1 Å². The van der Waals surface area contributed by atoms with Gasteiger partial charge in [-0.3, -0.25) is 9.59 Å². The van der Waals surface area contributed by atoms with Gasteiger partial charge >= 0.3 is 5.97 Å². The highest BCUT2D eigenvalue weighted by Gasteiger charge is 2.27. The smallest absolute Gasteiger partial charge is 0.304 e. The van der Waals surface area contributed by atoms with Gasteiger partial charge in [-0.25, -0.2) is 8.42 Å². The molecular weight excluding hydrogens is 258 g/mol. The van der Waals surface area contributed by atoms with Crippen molar-refractivity contribution in [3.8, 4) is 0 Å². The van der Waals surface area contributed by atoms with Gasteiger partial charge in [-0.15, -0.1) is 0 Å². The Morgan fingerprint density at radius 1 is 1.33 bits per heavy atom. The molecule has 1 fully saturated rings. The SMILES string of the molecule is CC(CC(=O)O)S(=O)(=O)CC(=O)NC1CCCC1. The van der Waals surface area contributed by atoms with Crippen LogP contribution in [0.2, 0.25) is 0 Å². The maximum Gasteiger partial charge on any atom is 0.304 e. The van der Waals surface area contributed by atoms with E-state index in [4.69, 9.17) is 5.11 Å². The number of aliphatic carboxylic acids is 1. The zero-order valence-electron chi connectivity index (χ0n) is 10.4. The lowest BCUT2D eigenvalue weighted by Gasteiger charge is -2.14. The fourth-order valence-corrected chi connectivity index (χ4v) is 3.17. The van der Waals surface area contributed by atoms with Gasteiger partial charge in [-0.2, -0.15) is 0 Å². The molecule has 6 nitrogen and oxygen atoms in total. The fourth-order valence-electron chi connectivity index (χ4n) is 2.04. The lowest BCUT2D eigenvalue weighted by Crippen LogP contribution is -2.39. The summed E-state index contributed by atoms with van der Waals surface area (Å²) in [6, 6.07) is 0.0717. The van der Waals surface area contributed by atoms with Gasteiger partial charge in [0.25, 0.3) is 0 Å². The number of amides is 1. The molecule has 1 aliphatic rings. The molecule has 1 unspecified atom stereocenters. The van der Waals surface area contributed by atoms with Gasteiger partial charge in [-0.05, 0) is 19.8 Å². The first kappa shape index (κ1) is 14.9. The number of rotatable bonds is 6. The molecule has 1 rings (SSSR count). The van der Waals surface area contributed by atoms with E-state index in [1.54, 1.807) is 0 Å². The van der Waals surface area contributed by atoms with Crippen LogP contribution in [0.15, 0.2) is 0 Å². The van der Waals surface area contributed by atoms with Gasteiger partial charge in [-0.1, -0.05) is 12.8 Å². The van der Waals surface area contributed by atoms with Crippen LogP contribution in [-0.4, -0.2) is 42.4 Å². The normalized spacial score (nSPS) is 18.5. The number of hydrogen-bond acceptors (Lipinski definition) is 4. The Labute approximate surface area is 107 Å². The number of carboxylic acids is 1. The molecule has 18 heavy (non-hydrogen) atoms.